The van der Waals surface area contributed by atoms with Gasteiger partial charge < -0.3 is 10.1 Å². The van der Waals surface area contributed by atoms with E-state index in [1.807, 2.05) is 12.1 Å². The van der Waals surface area contributed by atoms with Crippen molar-refractivity contribution in [3.63, 3.8) is 0 Å². The van der Waals surface area contributed by atoms with E-state index in [-0.39, 0.29) is 0 Å². The van der Waals surface area contributed by atoms with Crippen molar-refractivity contribution >= 4 is 5.82 Å². The van der Waals surface area contributed by atoms with Gasteiger partial charge in [-0.05, 0) is 25.0 Å². The second-order valence-electron chi connectivity index (χ2n) is 3.17. The predicted molar refractivity (Wildman–Crippen MR) is 49.5 cm³/mol. The van der Waals surface area contributed by atoms with Crippen molar-refractivity contribution in [3.05, 3.63) is 18.3 Å². The molecule has 1 atom stereocenters. The Morgan fingerprint density at radius 3 is 3.23 bits per heavy atom. The lowest BCUT2D eigenvalue weighted by Gasteiger charge is -2.23. The van der Waals surface area contributed by atoms with Gasteiger partial charge in [-0.2, -0.15) is 5.10 Å². The van der Waals surface area contributed by atoms with Crippen LogP contribution in [0.15, 0.2) is 18.3 Å². The molecule has 13 heavy (non-hydrogen) atoms. The Morgan fingerprint density at radius 1 is 1.54 bits per heavy atom. The van der Waals surface area contributed by atoms with Crippen molar-refractivity contribution in [1.82, 2.24) is 10.2 Å². The minimum Gasteiger partial charge on any atom is -0.379 e. The lowest BCUT2D eigenvalue weighted by molar-refractivity contribution is 0.0875. The summed E-state index contributed by atoms with van der Waals surface area (Å²) in [6, 6.07) is 4.19. The highest BCUT2D eigenvalue weighted by Crippen LogP contribution is 2.10. The Balaban J connectivity index is 1.90. The molecule has 4 nitrogen and oxygen atoms in total. The van der Waals surface area contributed by atoms with Crippen molar-refractivity contribution in [1.29, 1.82) is 0 Å². The van der Waals surface area contributed by atoms with Crippen molar-refractivity contribution in [3.8, 4) is 0 Å². The van der Waals surface area contributed by atoms with Crippen LogP contribution in [-0.2, 0) is 4.74 Å². The van der Waals surface area contributed by atoms with Gasteiger partial charge in [0.25, 0.3) is 0 Å². The van der Waals surface area contributed by atoms with Crippen molar-refractivity contribution in [2.24, 2.45) is 0 Å². The molecule has 0 aliphatic carbocycles. The van der Waals surface area contributed by atoms with Crippen molar-refractivity contribution < 1.29 is 4.74 Å². The van der Waals surface area contributed by atoms with Crippen molar-refractivity contribution in [2.75, 3.05) is 18.5 Å². The molecule has 0 aromatic carbocycles. The van der Waals surface area contributed by atoms with Gasteiger partial charge in [0.05, 0.1) is 12.6 Å². The number of anilines is 1. The highest BCUT2D eigenvalue weighted by atomic mass is 16.5. The number of nitrogens with zero attached hydrogens (tertiary/aromatic N) is 2. The van der Waals surface area contributed by atoms with E-state index in [1.54, 1.807) is 6.20 Å². The van der Waals surface area contributed by atoms with E-state index in [2.05, 4.69) is 15.5 Å². The molecule has 2 heterocycles. The van der Waals surface area contributed by atoms with Crippen LogP contribution >= 0.6 is 0 Å². The summed E-state index contributed by atoms with van der Waals surface area (Å²) >= 11 is 0. The Kier molecular flexibility index (Phi) is 2.72. The quantitative estimate of drug-likeness (QED) is 0.737. The first-order valence-electron chi connectivity index (χ1n) is 4.57. The van der Waals surface area contributed by atoms with E-state index < -0.39 is 0 Å². The Labute approximate surface area is 77.3 Å². The Bertz CT molecular complexity index is 246. The maximum absolute atomic E-state index is 5.34. The van der Waals surface area contributed by atoms with Crippen LogP contribution in [-0.4, -0.2) is 29.5 Å². The number of hydrogen-bond acceptors (Lipinski definition) is 4. The normalized spacial score (nSPS) is 22.6. The van der Waals surface area contributed by atoms with Crippen LogP contribution in [0.3, 0.4) is 0 Å². The zero-order valence-electron chi connectivity index (χ0n) is 7.44. The van der Waals surface area contributed by atoms with E-state index in [0.717, 1.165) is 31.9 Å². The van der Waals surface area contributed by atoms with Crippen LogP contribution in [0, 0.1) is 0 Å². The average molecular weight is 179 g/mol. The standard InChI is InChI=1S/C9H13N3O/c1-4-9(12-10-5-1)11-8-3-2-6-13-7-8/h1,4-5,8H,2-3,6-7H2,(H,11,12)/t8-/m1/s1. The zero-order valence-corrected chi connectivity index (χ0v) is 7.44. The molecule has 0 amide bonds. The number of hydrogen-bond donors (Lipinski definition) is 1. The number of rotatable bonds is 2. The van der Waals surface area contributed by atoms with Gasteiger partial charge in [-0.25, -0.2) is 0 Å². The molecule has 1 N–H and O–H groups in total. The first-order chi connectivity index (χ1) is 6.45. The fraction of sp³-hybridized carbons (Fsp3) is 0.556. The SMILES string of the molecule is c1cnnc(N[C@@H]2CCCOC2)c1. The summed E-state index contributed by atoms with van der Waals surface area (Å²) in [5, 5.41) is 11.0. The number of nitrogens with one attached hydrogen (secondary N) is 1. The summed E-state index contributed by atoms with van der Waals surface area (Å²) in [5.41, 5.74) is 0. The third-order valence-electron chi connectivity index (χ3n) is 2.08. The van der Waals surface area contributed by atoms with E-state index >= 15 is 0 Å². The van der Waals surface area contributed by atoms with Crippen LogP contribution in [0.1, 0.15) is 12.8 Å². The maximum atomic E-state index is 5.34. The summed E-state index contributed by atoms with van der Waals surface area (Å²) in [6.07, 6.45) is 3.94. The van der Waals surface area contributed by atoms with Crippen LogP contribution in [0.4, 0.5) is 5.82 Å². The lowest BCUT2D eigenvalue weighted by atomic mass is 10.1. The van der Waals surface area contributed by atoms with Gasteiger partial charge in [0.15, 0.2) is 0 Å². The van der Waals surface area contributed by atoms with Crippen LogP contribution in [0.2, 0.25) is 0 Å². The largest absolute Gasteiger partial charge is 0.379 e. The van der Waals surface area contributed by atoms with Gasteiger partial charge in [-0.1, -0.05) is 0 Å². The highest BCUT2D eigenvalue weighted by Gasteiger charge is 2.13. The Hall–Kier alpha value is -1.16. The van der Waals surface area contributed by atoms with E-state index in [1.165, 1.54) is 0 Å². The zero-order chi connectivity index (χ0) is 8.93. The topological polar surface area (TPSA) is 47.0 Å². The molecule has 2 rings (SSSR count). The molecule has 4 heteroatoms. The first kappa shape index (κ1) is 8.44. The summed E-state index contributed by atoms with van der Waals surface area (Å²) in [4.78, 5) is 0. The van der Waals surface area contributed by atoms with Gasteiger partial charge >= 0.3 is 0 Å². The molecule has 1 aromatic heterocycles. The fourth-order valence-electron chi connectivity index (χ4n) is 1.44. The minimum absolute atomic E-state index is 0.394. The minimum atomic E-state index is 0.394. The van der Waals surface area contributed by atoms with E-state index in [0.29, 0.717) is 6.04 Å². The van der Waals surface area contributed by atoms with Gasteiger partial charge in [0.2, 0.25) is 0 Å². The Morgan fingerprint density at radius 2 is 2.54 bits per heavy atom. The monoisotopic (exact) mass is 179 g/mol. The molecular formula is C9H13N3O. The summed E-state index contributed by atoms with van der Waals surface area (Å²) in [6.45, 7) is 1.66. The molecule has 0 unspecified atom stereocenters. The predicted octanol–water partition coefficient (Wildman–Crippen LogP) is 1.07. The molecule has 70 valence electrons. The van der Waals surface area contributed by atoms with E-state index in [4.69, 9.17) is 4.74 Å². The molecule has 0 saturated carbocycles. The second kappa shape index (κ2) is 4.18. The van der Waals surface area contributed by atoms with Crippen LogP contribution in [0.25, 0.3) is 0 Å². The first-order valence-corrected chi connectivity index (χ1v) is 4.57. The third-order valence-corrected chi connectivity index (χ3v) is 2.08. The molecule has 0 spiro atoms. The van der Waals surface area contributed by atoms with E-state index in [9.17, 15) is 0 Å². The summed E-state index contributed by atoms with van der Waals surface area (Å²) in [5.74, 6) is 0.831. The van der Waals surface area contributed by atoms with Crippen molar-refractivity contribution in [2.45, 2.75) is 18.9 Å². The molecular weight excluding hydrogens is 166 g/mol. The average Bonchev–Trinajstić information content (AvgIpc) is 2.21. The third kappa shape index (κ3) is 2.39. The van der Waals surface area contributed by atoms with Gasteiger partial charge in [-0.15, -0.1) is 5.10 Å². The molecule has 1 aromatic rings. The van der Waals surface area contributed by atoms with Crippen LogP contribution in [0.5, 0.6) is 0 Å². The number of ether oxygens (including phenoxy) is 1. The smallest absolute Gasteiger partial charge is 0.148 e. The molecule has 1 saturated heterocycles. The lowest BCUT2D eigenvalue weighted by Crippen LogP contribution is -2.30. The van der Waals surface area contributed by atoms with Gasteiger partial charge in [0, 0.05) is 12.8 Å². The van der Waals surface area contributed by atoms with Gasteiger partial charge in [-0.3, -0.25) is 0 Å². The maximum Gasteiger partial charge on any atom is 0.148 e. The molecule has 0 radical (unpaired) electrons. The molecule has 1 fully saturated rings. The number of aromatic nitrogens is 2. The molecule has 1 aliphatic heterocycles. The fourth-order valence-corrected chi connectivity index (χ4v) is 1.44. The second-order valence-corrected chi connectivity index (χ2v) is 3.17. The summed E-state index contributed by atoms with van der Waals surface area (Å²) in [7, 11) is 0. The summed E-state index contributed by atoms with van der Waals surface area (Å²) < 4.78 is 5.34. The van der Waals surface area contributed by atoms with Crippen LogP contribution < -0.4 is 5.32 Å². The highest BCUT2D eigenvalue weighted by molar-refractivity contribution is 5.32. The molecule has 1 aliphatic rings. The van der Waals surface area contributed by atoms with Gasteiger partial charge in [0.1, 0.15) is 5.82 Å². The molecule has 0 bridgehead atoms.